The number of nitrogens with zero attached hydrogens (tertiary/aromatic N) is 2. The fourth-order valence-corrected chi connectivity index (χ4v) is 16.6. The van der Waals surface area contributed by atoms with Gasteiger partial charge in [0, 0.05) is 45.0 Å². The van der Waals surface area contributed by atoms with Gasteiger partial charge in [-0.05, 0) is 238 Å². The molecular formula is C92H70N2. The number of anilines is 6. The van der Waals surface area contributed by atoms with Gasteiger partial charge in [0.05, 0.1) is 0 Å². The minimum absolute atomic E-state index is 0.0192. The van der Waals surface area contributed by atoms with Crippen molar-refractivity contribution in [2.24, 2.45) is 0 Å². The van der Waals surface area contributed by atoms with E-state index in [1.165, 1.54) is 148 Å². The fourth-order valence-electron chi connectivity index (χ4n) is 16.6. The fraction of sp³-hybridized carbons (Fsp3) is 0.109. The second-order valence-corrected chi connectivity index (χ2v) is 28.4. The second kappa shape index (κ2) is 20.7. The van der Waals surface area contributed by atoms with Gasteiger partial charge in [-0.25, -0.2) is 0 Å². The predicted octanol–water partition coefficient (Wildman–Crippen LogP) is 25.9. The zero-order chi connectivity index (χ0) is 63.4. The van der Waals surface area contributed by atoms with Crippen LogP contribution in [0.5, 0.6) is 0 Å². The van der Waals surface area contributed by atoms with E-state index in [0.29, 0.717) is 0 Å². The molecule has 0 aliphatic heterocycles. The molecule has 0 unspecified atom stereocenters. The van der Waals surface area contributed by atoms with E-state index in [9.17, 15) is 0 Å². The number of rotatable bonds is 8. The zero-order valence-corrected chi connectivity index (χ0v) is 54.2. The van der Waals surface area contributed by atoms with Crippen molar-refractivity contribution in [3.63, 3.8) is 0 Å². The van der Waals surface area contributed by atoms with Crippen molar-refractivity contribution in [1.29, 1.82) is 0 Å². The maximum Gasteiger partial charge on any atom is 0.0468 e. The van der Waals surface area contributed by atoms with E-state index in [4.69, 9.17) is 0 Å². The van der Waals surface area contributed by atoms with Crippen molar-refractivity contribution in [3.8, 4) is 44.5 Å². The van der Waals surface area contributed by atoms with E-state index in [-0.39, 0.29) is 16.2 Å². The van der Waals surface area contributed by atoms with E-state index >= 15 is 0 Å². The van der Waals surface area contributed by atoms with Gasteiger partial charge in [0.25, 0.3) is 0 Å². The monoisotopic (exact) mass is 1200 g/mol. The molecule has 0 saturated heterocycles. The van der Waals surface area contributed by atoms with Gasteiger partial charge < -0.3 is 9.80 Å². The Morgan fingerprint density at radius 3 is 1.06 bits per heavy atom. The zero-order valence-electron chi connectivity index (χ0n) is 54.2. The van der Waals surface area contributed by atoms with Gasteiger partial charge in [-0.1, -0.05) is 261 Å². The third-order valence-corrected chi connectivity index (χ3v) is 21.3. The van der Waals surface area contributed by atoms with Crippen molar-refractivity contribution in [2.45, 2.75) is 64.7 Å². The molecule has 2 nitrogen and oxygen atoms in total. The lowest BCUT2D eigenvalue weighted by molar-refractivity contribution is 0.590. The molecule has 0 N–H and O–H groups in total. The summed E-state index contributed by atoms with van der Waals surface area (Å²) in [5, 5.41) is 17.0. The molecule has 18 rings (SSSR count). The molecule has 0 fully saturated rings. The maximum absolute atomic E-state index is 2.53. The Morgan fingerprint density at radius 1 is 0.223 bits per heavy atom. The first-order valence-electron chi connectivity index (χ1n) is 33.3. The summed E-state index contributed by atoms with van der Waals surface area (Å²) in [5.41, 5.74) is 23.0. The van der Waals surface area contributed by atoms with Gasteiger partial charge in [0.15, 0.2) is 0 Å². The van der Waals surface area contributed by atoms with Crippen molar-refractivity contribution >= 4 is 110 Å². The first-order valence-corrected chi connectivity index (χ1v) is 33.3. The Hall–Kier alpha value is -11.1. The molecule has 0 amide bonds. The molecule has 2 aliphatic rings. The highest BCUT2D eigenvalue weighted by molar-refractivity contribution is 6.29. The largest absolute Gasteiger partial charge is 0.310 e. The summed E-state index contributed by atoms with van der Waals surface area (Å²) in [6.07, 6.45) is 0. The van der Waals surface area contributed by atoms with Crippen LogP contribution in [0, 0.1) is 0 Å². The van der Waals surface area contributed by atoms with Crippen molar-refractivity contribution < 1.29 is 0 Å². The highest BCUT2D eigenvalue weighted by Gasteiger charge is 2.38. The lowest BCUT2D eigenvalue weighted by Gasteiger charge is -2.30. The smallest absolute Gasteiger partial charge is 0.0468 e. The average Bonchev–Trinajstić information content (AvgIpc) is 0.880. The topological polar surface area (TPSA) is 6.48 Å². The Labute approximate surface area is 550 Å². The van der Waals surface area contributed by atoms with Crippen LogP contribution >= 0.6 is 0 Å². The number of fused-ring (bicyclic) bond motifs is 15. The molecule has 94 heavy (non-hydrogen) atoms. The van der Waals surface area contributed by atoms with Gasteiger partial charge in [-0.3, -0.25) is 0 Å². The second-order valence-electron chi connectivity index (χ2n) is 28.4. The molecule has 16 aromatic rings. The number of hydrogen-bond donors (Lipinski definition) is 0. The van der Waals surface area contributed by atoms with Crippen LogP contribution in [0.2, 0.25) is 0 Å². The van der Waals surface area contributed by atoms with Gasteiger partial charge in [-0.2, -0.15) is 0 Å². The van der Waals surface area contributed by atoms with Crippen molar-refractivity contribution in [3.05, 3.63) is 325 Å². The van der Waals surface area contributed by atoms with Crippen molar-refractivity contribution in [2.75, 3.05) is 9.80 Å². The molecule has 2 aliphatic carbocycles. The third kappa shape index (κ3) is 8.48. The summed E-state index contributed by atoms with van der Waals surface area (Å²) in [5.74, 6) is 0. The Morgan fingerprint density at radius 2 is 0.574 bits per heavy atom. The van der Waals surface area contributed by atoms with E-state index in [1.807, 2.05) is 0 Å². The first-order chi connectivity index (χ1) is 45.8. The molecule has 0 spiro atoms. The summed E-state index contributed by atoms with van der Waals surface area (Å²) in [4.78, 5) is 5.04. The third-order valence-electron chi connectivity index (χ3n) is 21.3. The molecule has 0 bridgehead atoms. The Balaban J connectivity index is 0.974. The van der Waals surface area contributed by atoms with Crippen LogP contribution in [0.3, 0.4) is 0 Å². The van der Waals surface area contributed by atoms with Gasteiger partial charge in [0.2, 0.25) is 0 Å². The van der Waals surface area contributed by atoms with Crippen LogP contribution in [-0.2, 0) is 16.2 Å². The van der Waals surface area contributed by atoms with Crippen LogP contribution in [0.25, 0.3) is 120 Å². The van der Waals surface area contributed by atoms with Crippen molar-refractivity contribution in [1.82, 2.24) is 0 Å². The van der Waals surface area contributed by atoms with Gasteiger partial charge in [0.1, 0.15) is 0 Å². The molecule has 0 saturated carbocycles. The summed E-state index contributed by atoms with van der Waals surface area (Å²) >= 11 is 0. The molecule has 16 aromatic carbocycles. The molecule has 2 heteroatoms. The summed E-state index contributed by atoms with van der Waals surface area (Å²) in [7, 11) is 0. The number of hydrogen-bond acceptors (Lipinski definition) is 2. The molecule has 0 aromatic heterocycles. The lowest BCUT2D eigenvalue weighted by Crippen LogP contribution is -2.17. The number of benzene rings is 16. The van der Waals surface area contributed by atoms with Crippen LogP contribution in [-0.4, -0.2) is 0 Å². The van der Waals surface area contributed by atoms with E-state index in [0.717, 1.165) is 34.1 Å². The molecule has 448 valence electrons. The first kappa shape index (κ1) is 55.8. The standard InChI is InChI=1S/C92H70N2/c1-90(2,3)61-37-40-62(41-38-61)93(66-42-46-76-74-32-18-20-34-84(74)91(4,5)86(76)55-66)64-44-48-78-82(53-64)88(80-51-59-24-10-12-26-68(59)70-28-14-16-30-72(70)80)79-49-45-65(54-83(79)89(78)81-52-60-25-11-13-27-69(60)71-29-15-17-31-73(71)81)94(63-39-36-57-22-8-9-23-58(57)50-63)67-43-47-77-75-33-19-21-35-85(75)92(6,7)87(77)56-67/h8-56H,1-7H3. The predicted molar refractivity (Wildman–Crippen MR) is 403 cm³/mol. The minimum Gasteiger partial charge on any atom is -0.310 e. The van der Waals surface area contributed by atoms with Crippen LogP contribution < -0.4 is 9.80 Å². The summed E-state index contributed by atoms with van der Waals surface area (Å²) in [6.45, 7) is 16.5. The molecular weight excluding hydrogens is 1130 g/mol. The molecule has 0 heterocycles. The van der Waals surface area contributed by atoms with Crippen LogP contribution in [0.15, 0.2) is 297 Å². The molecule has 0 atom stereocenters. The van der Waals surface area contributed by atoms with Crippen LogP contribution in [0.4, 0.5) is 34.1 Å². The minimum atomic E-state index is -0.200. The van der Waals surface area contributed by atoms with E-state index < -0.39 is 0 Å². The molecule has 0 radical (unpaired) electrons. The lowest BCUT2D eigenvalue weighted by atomic mass is 9.81. The van der Waals surface area contributed by atoms with Crippen LogP contribution in [0.1, 0.15) is 76.3 Å². The van der Waals surface area contributed by atoms with Gasteiger partial charge >= 0.3 is 0 Å². The SMILES string of the molecule is CC(C)(C)c1ccc(N(c2ccc3c(c2)C(C)(C)c2ccccc2-3)c2ccc3c(-c4cc5ccccc5c5ccccc45)c4cc(N(c5ccc6c(c5)C(C)(C)c5ccccc5-6)c5ccc6ccccc6c5)ccc4c(-c4cc5ccccc5c5ccccc45)c3c2)cc1. The Kier molecular flexibility index (Phi) is 12.3. The quantitative estimate of drug-likeness (QED) is 0.111. The highest BCUT2D eigenvalue weighted by Crippen LogP contribution is 2.56. The summed E-state index contributed by atoms with van der Waals surface area (Å²) < 4.78 is 0. The van der Waals surface area contributed by atoms with E-state index in [2.05, 4.69) is 356 Å². The average molecular weight is 1200 g/mol. The Bertz CT molecular complexity index is 5850. The summed E-state index contributed by atoms with van der Waals surface area (Å²) in [6, 6.07) is 113. The maximum atomic E-state index is 2.53. The van der Waals surface area contributed by atoms with E-state index in [1.54, 1.807) is 0 Å². The highest BCUT2D eigenvalue weighted by atomic mass is 15.1. The normalized spacial score (nSPS) is 13.6. The van der Waals surface area contributed by atoms with Gasteiger partial charge in [-0.15, -0.1) is 0 Å².